The molecule has 0 aromatic heterocycles. The number of hydrogen-bond acceptors (Lipinski definition) is 3. The van der Waals surface area contributed by atoms with Crippen LogP contribution in [0.5, 0.6) is 0 Å². The van der Waals surface area contributed by atoms with Crippen molar-refractivity contribution in [2.24, 2.45) is 0 Å². The second-order valence-corrected chi connectivity index (χ2v) is 8.10. The summed E-state index contributed by atoms with van der Waals surface area (Å²) >= 11 is 5.99. The van der Waals surface area contributed by atoms with Gasteiger partial charge in [0, 0.05) is 62.6 Å². The van der Waals surface area contributed by atoms with Gasteiger partial charge in [-0.15, -0.1) is 0 Å². The van der Waals surface area contributed by atoms with Gasteiger partial charge in [-0.05, 0) is 43.5 Å². The number of amides is 4. The second-order valence-electron chi connectivity index (χ2n) is 7.67. The highest BCUT2D eigenvalue weighted by molar-refractivity contribution is 6.30. The summed E-state index contributed by atoms with van der Waals surface area (Å²) in [6.07, 6.45) is 1.98. The first-order valence-corrected chi connectivity index (χ1v) is 10.3. The van der Waals surface area contributed by atoms with Crippen LogP contribution in [-0.4, -0.2) is 78.6 Å². The molecule has 8 heteroatoms. The number of halogens is 1. The summed E-state index contributed by atoms with van der Waals surface area (Å²) in [5.74, 6) is 0. The Bertz CT molecular complexity index is 735. The lowest BCUT2D eigenvalue weighted by molar-refractivity contribution is 0.0477. The number of hydrogen-bond donors (Lipinski definition) is 2. The molecule has 7 nitrogen and oxygen atoms in total. The average molecular weight is 408 g/mol. The molecule has 0 spiro atoms. The van der Waals surface area contributed by atoms with Gasteiger partial charge >= 0.3 is 12.1 Å². The Hall–Kier alpha value is -1.99. The van der Waals surface area contributed by atoms with Crippen molar-refractivity contribution in [3.8, 4) is 0 Å². The third-order valence-corrected chi connectivity index (χ3v) is 6.39. The monoisotopic (exact) mass is 407 g/mol. The van der Waals surface area contributed by atoms with E-state index in [-0.39, 0.29) is 17.6 Å². The Morgan fingerprint density at radius 3 is 2.43 bits per heavy atom. The van der Waals surface area contributed by atoms with E-state index in [1.807, 2.05) is 28.9 Å². The zero-order valence-electron chi connectivity index (χ0n) is 16.9. The number of urea groups is 2. The number of anilines is 1. The summed E-state index contributed by atoms with van der Waals surface area (Å²) in [5, 5.41) is 6.38. The highest BCUT2D eigenvalue weighted by atomic mass is 35.5. The lowest BCUT2D eigenvalue weighted by Crippen LogP contribution is -2.59. The van der Waals surface area contributed by atoms with Gasteiger partial charge in [0.25, 0.3) is 0 Å². The lowest BCUT2D eigenvalue weighted by atomic mass is 9.92. The first-order valence-electron chi connectivity index (χ1n) is 9.92. The molecule has 1 aromatic rings. The molecule has 0 saturated carbocycles. The third-order valence-electron chi connectivity index (χ3n) is 6.16. The van der Waals surface area contributed by atoms with Crippen molar-refractivity contribution in [2.75, 3.05) is 51.6 Å². The molecule has 2 fully saturated rings. The van der Waals surface area contributed by atoms with Gasteiger partial charge in [0.05, 0.1) is 0 Å². The van der Waals surface area contributed by atoms with E-state index >= 15 is 0 Å². The van der Waals surface area contributed by atoms with Crippen molar-refractivity contribution in [1.82, 2.24) is 20.0 Å². The summed E-state index contributed by atoms with van der Waals surface area (Å²) in [4.78, 5) is 30.9. The number of likely N-dealkylation sites (tertiary alicyclic amines) is 1. The molecule has 4 amide bonds. The van der Waals surface area contributed by atoms with E-state index in [9.17, 15) is 9.59 Å². The van der Waals surface area contributed by atoms with E-state index < -0.39 is 0 Å². The number of benzene rings is 1. The Morgan fingerprint density at radius 1 is 1.11 bits per heavy atom. The fourth-order valence-electron chi connectivity index (χ4n) is 4.30. The molecule has 0 aliphatic carbocycles. The minimum atomic E-state index is -0.0750. The van der Waals surface area contributed by atoms with Crippen molar-refractivity contribution in [1.29, 1.82) is 0 Å². The lowest BCUT2D eigenvalue weighted by Gasteiger charge is -2.45. The molecule has 2 saturated heterocycles. The van der Waals surface area contributed by atoms with Crippen LogP contribution in [0.2, 0.25) is 5.02 Å². The number of nitrogens with one attached hydrogen (secondary N) is 2. The summed E-state index contributed by atoms with van der Waals surface area (Å²) < 4.78 is 0. The van der Waals surface area contributed by atoms with Gasteiger partial charge in [-0.25, -0.2) is 9.59 Å². The van der Waals surface area contributed by atoms with Crippen LogP contribution in [0.3, 0.4) is 0 Å². The van der Waals surface area contributed by atoms with E-state index in [4.69, 9.17) is 11.6 Å². The molecule has 2 aliphatic rings. The number of aryl methyl sites for hydroxylation is 1. The van der Waals surface area contributed by atoms with E-state index in [1.165, 1.54) is 0 Å². The number of nitrogens with zero attached hydrogens (tertiary/aromatic N) is 3. The standard InChI is InChI=1S/C20H30ClN5O2/c1-4-20(7-8-25(14-20)18(27)22-3)26-11-9-24(10-12-26)19(28)23-17-6-5-16(21)13-15(17)2/h5-6,13H,4,7-12,14H2,1-3H3,(H,22,27)(H,23,28). The minimum Gasteiger partial charge on any atom is -0.341 e. The fourth-order valence-corrected chi connectivity index (χ4v) is 4.53. The molecule has 3 rings (SSSR count). The molecule has 2 aliphatic heterocycles. The number of rotatable bonds is 3. The Labute approximate surface area is 172 Å². The van der Waals surface area contributed by atoms with Crippen LogP contribution in [0.4, 0.5) is 15.3 Å². The number of carbonyl (C=O) groups excluding carboxylic acids is 2. The Kier molecular flexibility index (Phi) is 6.35. The van der Waals surface area contributed by atoms with Crippen LogP contribution in [0.1, 0.15) is 25.3 Å². The third kappa shape index (κ3) is 4.20. The summed E-state index contributed by atoms with van der Waals surface area (Å²) in [5.41, 5.74) is 1.76. The smallest absolute Gasteiger partial charge is 0.321 e. The van der Waals surface area contributed by atoms with Crippen LogP contribution in [-0.2, 0) is 0 Å². The van der Waals surface area contributed by atoms with Crippen LogP contribution in [0.15, 0.2) is 18.2 Å². The fraction of sp³-hybridized carbons (Fsp3) is 0.600. The maximum absolute atomic E-state index is 12.7. The molecule has 2 N–H and O–H groups in total. The Morgan fingerprint density at radius 2 is 1.82 bits per heavy atom. The molecule has 154 valence electrons. The SMILES string of the molecule is CCC1(N2CCN(C(=O)Nc3ccc(Cl)cc3C)CC2)CCN(C(=O)NC)C1. The van der Waals surface area contributed by atoms with Crippen molar-refractivity contribution in [3.63, 3.8) is 0 Å². The first-order chi connectivity index (χ1) is 13.4. The molecule has 0 radical (unpaired) electrons. The largest absolute Gasteiger partial charge is 0.341 e. The molecule has 1 unspecified atom stereocenters. The summed E-state index contributed by atoms with van der Waals surface area (Å²) in [7, 11) is 1.67. The molecule has 1 atom stereocenters. The predicted octanol–water partition coefficient (Wildman–Crippen LogP) is 2.99. The van der Waals surface area contributed by atoms with Crippen LogP contribution < -0.4 is 10.6 Å². The van der Waals surface area contributed by atoms with E-state index in [2.05, 4.69) is 22.5 Å². The maximum atomic E-state index is 12.7. The van der Waals surface area contributed by atoms with Gasteiger partial charge in [0.1, 0.15) is 0 Å². The number of carbonyl (C=O) groups is 2. The van der Waals surface area contributed by atoms with Crippen LogP contribution >= 0.6 is 11.6 Å². The van der Waals surface area contributed by atoms with E-state index in [1.54, 1.807) is 13.1 Å². The van der Waals surface area contributed by atoms with E-state index in [0.717, 1.165) is 50.3 Å². The van der Waals surface area contributed by atoms with Gasteiger partial charge in [0.2, 0.25) is 0 Å². The molecule has 28 heavy (non-hydrogen) atoms. The summed E-state index contributed by atoms with van der Waals surface area (Å²) in [6.45, 7) is 8.66. The van der Waals surface area contributed by atoms with Crippen molar-refractivity contribution in [3.05, 3.63) is 28.8 Å². The average Bonchev–Trinajstić information content (AvgIpc) is 3.15. The Balaban J connectivity index is 1.57. The van der Waals surface area contributed by atoms with Gasteiger partial charge < -0.3 is 20.4 Å². The zero-order chi connectivity index (χ0) is 20.3. The molecule has 2 heterocycles. The molecular weight excluding hydrogens is 378 g/mol. The highest BCUT2D eigenvalue weighted by Gasteiger charge is 2.44. The van der Waals surface area contributed by atoms with Gasteiger partial charge in [-0.1, -0.05) is 18.5 Å². The second kappa shape index (κ2) is 8.57. The topological polar surface area (TPSA) is 67.9 Å². The van der Waals surface area contributed by atoms with E-state index in [0.29, 0.717) is 18.1 Å². The van der Waals surface area contributed by atoms with Gasteiger partial charge in [-0.3, -0.25) is 4.90 Å². The zero-order valence-corrected chi connectivity index (χ0v) is 17.7. The van der Waals surface area contributed by atoms with Crippen LogP contribution in [0, 0.1) is 6.92 Å². The highest BCUT2D eigenvalue weighted by Crippen LogP contribution is 2.32. The first kappa shape index (κ1) is 20.7. The predicted molar refractivity (Wildman–Crippen MR) is 112 cm³/mol. The summed E-state index contributed by atoms with van der Waals surface area (Å²) in [6, 6.07) is 5.38. The van der Waals surface area contributed by atoms with Crippen molar-refractivity contribution >= 4 is 29.4 Å². The van der Waals surface area contributed by atoms with Crippen molar-refractivity contribution in [2.45, 2.75) is 32.2 Å². The minimum absolute atomic E-state index is 0.00771. The molecule has 0 bridgehead atoms. The quantitative estimate of drug-likeness (QED) is 0.809. The number of piperazine rings is 1. The van der Waals surface area contributed by atoms with Crippen LogP contribution in [0.25, 0.3) is 0 Å². The van der Waals surface area contributed by atoms with Gasteiger partial charge in [-0.2, -0.15) is 0 Å². The van der Waals surface area contributed by atoms with Crippen molar-refractivity contribution < 1.29 is 9.59 Å². The van der Waals surface area contributed by atoms with Gasteiger partial charge in [0.15, 0.2) is 0 Å². The molecule has 1 aromatic carbocycles. The normalized spacial score (nSPS) is 23.0. The maximum Gasteiger partial charge on any atom is 0.321 e. The molecular formula is C20H30ClN5O2.